The lowest BCUT2D eigenvalue weighted by Crippen LogP contribution is -2.25. The Balaban J connectivity index is 1.53. The van der Waals surface area contributed by atoms with Crippen molar-refractivity contribution in [2.24, 2.45) is 0 Å². The summed E-state index contributed by atoms with van der Waals surface area (Å²) in [6.07, 6.45) is 2.53. The van der Waals surface area contributed by atoms with E-state index in [-0.39, 0.29) is 5.75 Å². The number of rotatable bonds is 6. The fourth-order valence-electron chi connectivity index (χ4n) is 4.38. The van der Waals surface area contributed by atoms with Crippen molar-refractivity contribution in [1.82, 2.24) is 4.90 Å². The average molecular weight is 462 g/mol. The molecule has 0 amide bonds. The number of fused-ring (bicyclic) bond motifs is 1. The molecule has 1 saturated heterocycles. The van der Waals surface area contributed by atoms with E-state index in [1.165, 1.54) is 18.9 Å². The highest BCUT2D eigenvalue weighted by Crippen LogP contribution is 2.37. The van der Waals surface area contributed by atoms with Gasteiger partial charge in [-0.2, -0.15) is 0 Å². The molecule has 0 aliphatic carbocycles. The van der Waals surface area contributed by atoms with Crippen molar-refractivity contribution in [3.05, 3.63) is 82.2 Å². The van der Waals surface area contributed by atoms with E-state index in [0.29, 0.717) is 28.3 Å². The summed E-state index contributed by atoms with van der Waals surface area (Å²) in [7, 11) is 0. The maximum atomic E-state index is 13.0. The second-order valence-corrected chi connectivity index (χ2v) is 8.68. The van der Waals surface area contributed by atoms with E-state index in [2.05, 4.69) is 4.90 Å². The quantitative estimate of drug-likeness (QED) is 0.359. The van der Waals surface area contributed by atoms with E-state index < -0.39 is 5.63 Å². The maximum absolute atomic E-state index is 13.0. The molecule has 5 nitrogen and oxygen atoms in total. The molecule has 0 spiro atoms. The smallest absolute Gasteiger partial charge is 0.344 e. The van der Waals surface area contributed by atoms with Crippen molar-refractivity contribution in [3.8, 4) is 33.8 Å². The molecular formula is C27H24ClNO4. The Morgan fingerprint density at radius 1 is 0.909 bits per heavy atom. The number of hydrogen-bond acceptors (Lipinski definition) is 5. The first-order valence-corrected chi connectivity index (χ1v) is 11.5. The number of halogens is 1. The van der Waals surface area contributed by atoms with Gasteiger partial charge in [0.1, 0.15) is 23.7 Å². The van der Waals surface area contributed by atoms with Crippen molar-refractivity contribution in [3.63, 3.8) is 0 Å². The molecule has 3 aromatic carbocycles. The van der Waals surface area contributed by atoms with Gasteiger partial charge < -0.3 is 14.3 Å². The van der Waals surface area contributed by atoms with Crippen molar-refractivity contribution in [1.29, 1.82) is 0 Å². The van der Waals surface area contributed by atoms with Crippen LogP contribution in [0.2, 0.25) is 5.02 Å². The number of hydrogen-bond donors (Lipinski definition) is 1. The summed E-state index contributed by atoms with van der Waals surface area (Å²) in [5, 5.41) is 11.2. The third-order valence-corrected chi connectivity index (χ3v) is 6.29. The normalized spacial score (nSPS) is 14.1. The average Bonchev–Trinajstić information content (AvgIpc) is 3.33. The highest BCUT2D eigenvalue weighted by molar-refractivity contribution is 6.30. The SMILES string of the molecule is O=c1oc2cc(O)ccc2c(-c2ccc(OCCN3CCCC3)cc2)c1-c1ccc(Cl)cc1. The minimum absolute atomic E-state index is 0.0394. The van der Waals surface area contributed by atoms with E-state index in [9.17, 15) is 9.90 Å². The molecule has 33 heavy (non-hydrogen) atoms. The first-order valence-electron chi connectivity index (χ1n) is 11.1. The number of nitrogens with zero attached hydrogens (tertiary/aromatic N) is 1. The second kappa shape index (κ2) is 9.30. The molecular weight excluding hydrogens is 438 g/mol. The van der Waals surface area contributed by atoms with E-state index in [1.807, 2.05) is 24.3 Å². The molecule has 1 aliphatic heterocycles. The lowest BCUT2D eigenvalue weighted by Gasteiger charge is -2.16. The van der Waals surface area contributed by atoms with Gasteiger partial charge in [-0.25, -0.2) is 4.79 Å². The minimum atomic E-state index is -0.476. The van der Waals surface area contributed by atoms with Gasteiger partial charge in [-0.3, -0.25) is 4.90 Å². The van der Waals surface area contributed by atoms with E-state index in [1.54, 1.807) is 36.4 Å². The number of benzene rings is 3. The topological polar surface area (TPSA) is 62.9 Å². The van der Waals surface area contributed by atoms with Gasteiger partial charge in [0.25, 0.3) is 0 Å². The Bertz CT molecular complexity index is 1320. The summed E-state index contributed by atoms with van der Waals surface area (Å²) in [5.41, 5.74) is 2.62. The molecule has 168 valence electrons. The highest BCUT2D eigenvalue weighted by Gasteiger charge is 2.19. The van der Waals surface area contributed by atoms with Crippen LogP contribution in [-0.2, 0) is 0 Å². The van der Waals surface area contributed by atoms with Crippen LogP contribution in [-0.4, -0.2) is 36.2 Å². The van der Waals surface area contributed by atoms with Crippen LogP contribution in [0.25, 0.3) is 33.2 Å². The molecule has 5 rings (SSSR count). The summed E-state index contributed by atoms with van der Waals surface area (Å²) < 4.78 is 11.5. The number of aromatic hydroxyl groups is 1. The predicted molar refractivity (Wildman–Crippen MR) is 131 cm³/mol. The maximum Gasteiger partial charge on any atom is 0.344 e. The lowest BCUT2D eigenvalue weighted by molar-refractivity contribution is 0.238. The second-order valence-electron chi connectivity index (χ2n) is 8.25. The third kappa shape index (κ3) is 4.61. The zero-order chi connectivity index (χ0) is 22.8. The molecule has 1 aromatic heterocycles. The summed E-state index contributed by atoms with van der Waals surface area (Å²) in [5.74, 6) is 0.827. The van der Waals surface area contributed by atoms with Crippen LogP contribution in [0.4, 0.5) is 0 Å². The van der Waals surface area contributed by atoms with Gasteiger partial charge in [-0.1, -0.05) is 35.9 Å². The van der Waals surface area contributed by atoms with Gasteiger partial charge in [-0.15, -0.1) is 0 Å². The first-order chi connectivity index (χ1) is 16.1. The van der Waals surface area contributed by atoms with Gasteiger partial charge in [0, 0.05) is 28.6 Å². The number of ether oxygens (including phenoxy) is 1. The van der Waals surface area contributed by atoms with E-state index in [0.717, 1.165) is 41.9 Å². The van der Waals surface area contributed by atoms with Crippen LogP contribution < -0.4 is 10.4 Å². The Morgan fingerprint density at radius 2 is 1.58 bits per heavy atom. The van der Waals surface area contributed by atoms with E-state index >= 15 is 0 Å². The van der Waals surface area contributed by atoms with Crippen molar-refractivity contribution in [2.75, 3.05) is 26.2 Å². The monoisotopic (exact) mass is 461 g/mol. The highest BCUT2D eigenvalue weighted by atomic mass is 35.5. The fraction of sp³-hybridized carbons (Fsp3) is 0.222. The van der Waals surface area contributed by atoms with Crippen molar-refractivity contribution >= 4 is 22.6 Å². The molecule has 0 unspecified atom stereocenters. The van der Waals surface area contributed by atoms with Crippen molar-refractivity contribution in [2.45, 2.75) is 12.8 Å². The van der Waals surface area contributed by atoms with Gasteiger partial charge in [0.15, 0.2) is 0 Å². The van der Waals surface area contributed by atoms with Gasteiger partial charge in [-0.05, 0) is 73.5 Å². The van der Waals surface area contributed by atoms with Gasteiger partial charge >= 0.3 is 5.63 Å². The predicted octanol–water partition coefficient (Wildman–Crippen LogP) is 5.96. The number of likely N-dealkylation sites (tertiary alicyclic amines) is 1. The van der Waals surface area contributed by atoms with Crippen LogP contribution in [0, 0.1) is 0 Å². The lowest BCUT2D eigenvalue weighted by atomic mass is 9.93. The van der Waals surface area contributed by atoms with Crippen LogP contribution in [0.3, 0.4) is 0 Å². The summed E-state index contributed by atoms with van der Waals surface area (Å²) in [6.45, 7) is 3.87. The minimum Gasteiger partial charge on any atom is -0.508 e. The Kier molecular flexibility index (Phi) is 6.07. The molecule has 1 N–H and O–H groups in total. The molecule has 0 atom stereocenters. The van der Waals surface area contributed by atoms with Crippen LogP contribution >= 0.6 is 11.6 Å². The zero-order valence-electron chi connectivity index (χ0n) is 18.1. The molecule has 6 heteroatoms. The summed E-state index contributed by atoms with van der Waals surface area (Å²) in [6, 6.07) is 19.7. The summed E-state index contributed by atoms with van der Waals surface area (Å²) in [4.78, 5) is 15.5. The molecule has 2 heterocycles. The summed E-state index contributed by atoms with van der Waals surface area (Å²) >= 11 is 6.06. The van der Waals surface area contributed by atoms with E-state index in [4.69, 9.17) is 20.8 Å². The molecule has 0 radical (unpaired) electrons. The zero-order valence-corrected chi connectivity index (χ0v) is 18.8. The standard InChI is InChI=1S/C27H24ClNO4/c28-20-7-3-19(4-8-20)26-25(23-12-9-21(30)17-24(23)33-27(26)31)18-5-10-22(11-6-18)32-16-15-29-13-1-2-14-29/h3-12,17,30H,1-2,13-16H2. The fourth-order valence-corrected chi connectivity index (χ4v) is 4.51. The largest absolute Gasteiger partial charge is 0.508 e. The van der Waals surface area contributed by atoms with Gasteiger partial charge in [0.05, 0.1) is 5.56 Å². The molecule has 4 aromatic rings. The third-order valence-electron chi connectivity index (χ3n) is 6.04. The van der Waals surface area contributed by atoms with Crippen molar-refractivity contribution < 1.29 is 14.3 Å². The van der Waals surface area contributed by atoms with Crippen LogP contribution in [0.1, 0.15) is 12.8 Å². The Labute approximate surface area is 196 Å². The number of phenols is 1. The Hall–Kier alpha value is -3.28. The molecule has 1 fully saturated rings. The van der Waals surface area contributed by atoms with Crippen LogP contribution in [0.5, 0.6) is 11.5 Å². The molecule has 1 aliphatic rings. The first kappa shape index (κ1) is 21.6. The Morgan fingerprint density at radius 3 is 2.30 bits per heavy atom. The number of phenolic OH excluding ortho intramolecular Hbond substituents is 1. The molecule has 0 bridgehead atoms. The van der Waals surface area contributed by atoms with Gasteiger partial charge in [0.2, 0.25) is 0 Å². The van der Waals surface area contributed by atoms with Crippen LogP contribution in [0.15, 0.2) is 75.9 Å². The molecule has 0 saturated carbocycles.